The van der Waals surface area contributed by atoms with Crippen molar-refractivity contribution in [3.8, 4) is 0 Å². The zero-order valence-electron chi connectivity index (χ0n) is 3.53. The Bertz CT molecular complexity index is 17.6. The second kappa shape index (κ2) is 2.40. The first-order valence-corrected chi connectivity index (χ1v) is 2.14. The summed E-state index contributed by atoms with van der Waals surface area (Å²) in [5.74, 6) is 2.16. The van der Waals surface area contributed by atoms with Crippen LogP contribution in [0.1, 0.15) is 13.8 Å². The van der Waals surface area contributed by atoms with Gasteiger partial charge in [-0.05, 0) is 13.8 Å². The van der Waals surface area contributed by atoms with Gasteiger partial charge in [-0.1, -0.05) is 0 Å². The summed E-state index contributed by atoms with van der Waals surface area (Å²) in [6.45, 7) is 4.07. The molecule has 0 aromatic heterocycles. The van der Waals surface area contributed by atoms with Crippen LogP contribution in [0.2, 0.25) is 0 Å². The molecular weight excluding hydrogens is 83.5 g/mol. The zero-order chi connectivity index (χ0) is 4.28. The minimum Gasteiger partial charge on any atom is -0.0200 e. The minimum absolute atomic E-state index is 0.525. The number of rotatable bonds is 1. The average Bonchev–Trinajstić information content (AvgIpc) is 1.38. The smallest absolute Gasteiger partial charge is 0.0200 e. The molecule has 0 aliphatic rings. The molecule has 0 radical (unpaired) electrons. The Balaban J connectivity index is 2.54. The van der Waals surface area contributed by atoms with Gasteiger partial charge in [0.25, 0.3) is 0 Å². The third kappa shape index (κ3) is 4.16. The lowest BCUT2D eigenvalue weighted by Gasteiger charge is -1.75. The maximum Gasteiger partial charge on any atom is 0.188 e. The predicted octanol–water partition coefficient (Wildman–Crippen LogP) is 2.04. The van der Waals surface area contributed by atoms with Gasteiger partial charge in [-0.3, -0.25) is 0 Å². The van der Waals surface area contributed by atoms with Crippen LogP contribution in [0.4, 0.5) is 0 Å². The van der Waals surface area contributed by atoms with Crippen molar-refractivity contribution in [3.63, 3.8) is 0 Å². The average molecular weight is 91.6 g/mol. The third-order valence-corrected chi connectivity index (χ3v) is 0.756. The highest BCUT2D eigenvalue weighted by atomic mass is 35.5. The molecule has 1 heteroatoms. The molecule has 0 bridgehead atoms. The second-order valence-electron chi connectivity index (χ2n) is 1.37. The Morgan fingerprint density at radius 3 is 1.80 bits per heavy atom. The van der Waals surface area contributed by atoms with Crippen LogP contribution >= 0.6 is 11.6 Å². The SMILES string of the molecule is CC(C)[CH+]Cl. The summed E-state index contributed by atoms with van der Waals surface area (Å²) in [4.78, 5) is 0. The lowest BCUT2D eigenvalue weighted by atomic mass is 10.3. The van der Waals surface area contributed by atoms with Crippen LogP contribution in [0.25, 0.3) is 0 Å². The Labute approximate surface area is 38.1 Å². The molecule has 0 aromatic rings. The molecule has 0 aliphatic heterocycles. The van der Waals surface area contributed by atoms with Gasteiger partial charge in [0.15, 0.2) is 5.88 Å². The minimum atomic E-state index is 0.525. The quantitative estimate of drug-likeness (QED) is 0.433. The molecule has 0 atom stereocenters. The topological polar surface area (TPSA) is 0 Å². The highest BCUT2D eigenvalue weighted by Gasteiger charge is 1.95. The standard InChI is InChI=1S/C4H8Cl/c1-4(2)3-5/h3-4H,1-2H3/q+1. The fraction of sp³-hybridized carbons (Fsp3) is 0.750. The Kier molecular flexibility index (Phi) is 2.48. The molecule has 30 valence electrons. The van der Waals surface area contributed by atoms with Crippen molar-refractivity contribution in [1.29, 1.82) is 0 Å². The highest BCUT2D eigenvalue weighted by molar-refractivity contribution is 6.23. The summed E-state index contributed by atoms with van der Waals surface area (Å²) in [6, 6.07) is 0. The molecule has 0 nitrogen and oxygen atoms in total. The molecule has 0 fully saturated rings. The molecule has 5 heavy (non-hydrogen) atoms. The van der Waals surface area contributed by atoms with Crippen molar-refractivity contribution < 1.29 is 0 Å². The highest BCUT2D eigenvalue weighted by Crippen LogP contribution is 1.98. The molecule has 0 saturated heterocycles. The molecule has 0 unspecified atom stereocenters. The van der Waals surface area contributed by atoms with Crippen molar-refractivity contribution in [1.82, 2.24) is 0 Å². The summed E-state index contributed by atoms with van der Waals surface area (Å²) in [5.41, 5.74) is 0. The van der Waals surface area contributed by atoms with Crippen LogP contribution in [-0.2, 0) is 0 Å². The molecule has 0 saturated carbocycles. The first kappa shape index (κ1) is 5.16. The Morgan fingerprint density at radius 2 is 1.80 bits per heavy atom. The van der Waals surface area contributed by atoms with Crippen LogP contribution in [0.15, 0.2) is 0 Å². The van der Waals surface area contributed by atoms with Crippen molar-refractivity contribution >= 4 is 11.6 Å². The number of hydrogen-bond donors (Lipinski definition) is 0. The maximum absolute atomic E-state index is 5.21. The summed E-state index contributed by atoms with van der Waals surface area (Å²) < 4.78 is 0. The van der Waals surface area contributed by atoms with E-state index in [9.17, 15) is 0 Å². The summed E-state index contributed by atoms with van der Waals surface area (Å²) >= 11 is 5.21. The first-order chi connectivity index (χ1) is 2.27. The molecule has 0 N–H and O–H groups in total. The molecule has 0 amide bonds. The van der Waals surface area contributed by atoms with E-state index >= 15 is 0 Å². The molecule has 0 heterocycles. The van der Waals surface area contributed by atoms with Crippen molar-refractivity contribution in [2.24, 2.45) is 5.92 Å². The van der Waals surface area contributed by atoms with Crippen molar-refractivity contribution in [2.75, 3.05) is 0 Å². The van der Waals surface area contributed by atoms with Gasteiger partial charge in [0.1, 0.15) is 17.5 Å². The van der Waals surface area contributed by atoms with Gasteiger partial charge < -0.3 is 0 Å². The van der Waals surface area contributed by atoms with E-state index in [4.69, 9.17) is 11.6 Å². The van der Waals surface area contributed by atoms with E-state index in [0.29, 0.717) is 5.92 Å². The lowest BCUT2D eigenvalue weighted by Crippen LogP contribution is -1.75. The van der Waals surface area contributed by atoms with E-state index in [0.717, 1.165) is 0 Å². The molecule has 0 spiro atoms. The van der Waals surface area contributed by atoms with E-state index in [1.807, 2.05) is 13.8 Å². The fourth-order valence-electron chi connectivity index (χ4n) is 0. The molecule has 0 aliphatic carbocycles. The van der Waals surface area contributed by atoms with E-state index in [-0.39, 0.29) is 0 Å². The van der Waals surface area contributed by atoms with E-state index in [1.165, 1.54) is 0 Å². The van der Waals surface area contributed by atoms with E-state index in [2.05, 4.69) is 0 Å². The van der Waals surface area contributed by atoms with Crippen LogP contribution in [0.3, 0.4) is 0 Å². The first-order valence-electron chi connectivity index (χ1n) is 1.71. The van der Waals surface area contributed by atoms with Crippen LogP contribution in [-0.4, -0.2) is 0 Å². The summed E-state index contributed by atoms with van der Waals surface area (Å²) in [6.07, 6.45) is 0. The number of hydrogen-bond acceptors (Lipinski definition) is 0. The number of halogens is 1. The predicted molar refractivity (Wildman–Crippen MR) is 25.0 cm³/mol. The van der Waals surface area contributed by atoms with Gasteiger partial charge >= 0.3 is 0 Å². The van der Waals surface area contributed by atoms with Gasteiger partial charge in [-0.15, -0.1) is 0 Å². The van der Waals surface area contributed by atoms with Gasteiger partial charge in [0.2, 0.25) is 0 Å². The normalized spacial score (nSPS) is 8.80. The Morgan fingerprint density at radius 1 is 1.60 bits per heavy atom. The van der Waals surface area contributed by atoms with Crippen LogP contribution in [0, 0.1) is 11.8 Å². The van der Waals surface area contributed by atoms with Crippen LogP contribution < -0.4 is 0 Å². The maximum atomic E-state index is 5.21. The van der Waals surface area contributed by atoms with Gasteiger partial charge in [-0.25, -0.2) is 0 Å². The fourth-order valence-corrected chi connectivity index (χ4v) is 0. The van der Waals surface area contributed by atoms with Crippen LogP contribution in [0.5, 0.6) is 0 Å². The van der Waals surface area contributed by atoms with E-state index in [1.54, 1.807) is 5.88 Å². The monoisotopic (exact) mass is 91.0 g/mol. The summed E-state index contributed by atoms with van der Waals surface area (Å²) in [5, 5.41) is 0. The van der Waals surface area contributed by atoms with E-state index < -0.39 is 0 Å². The molecular formula is C4H8Cl+. The van der Waals surface area contributed by atoms with Crippen molar-refractivity contribution in [3.05, 3.63) is 5.88 Å². The van der Waals surface area contributed by atoms with Crippen molar-refractivity contribution in [2.45, 2.75) is 13.8 Å². The Hall–Kier alpha value is 0.160. The van der Waals surface area contributed by atoms with Gasteiger partial charge in [0, 0.05) is 0 Å². The lowest BCUT2D eigenvalue weighted by molar-refractivity contribution is 0.808. The summed E-state index contributed by atoms with van der Waals surface area (Å²) in [7, 11) is 0. The molecule has 0 rings (SSSR count). The largest absolute Gasteiger partial charge is 0.188 e. The van der Waals surface area contributed by atoms with Gasteiger partial charge in [-0.2, -0.15) is 0 Å². The van der Waals surface area contributed by atoms with Gasteiger partial charge in [0.05, 0.1) is 0 Å². The third-order valence-electron chi connectivity index (χ3n) is 0.252. The molecule has 0 aromatic carbocycles. The zero-order valence-corrected chi connectivity index (χ0v) is 4.29. The second-order valence-corrected chi connectivity index (χ2v) is 1.62.